The van der Waals surface area contributed by atoms with Crippen molar-refractivity contribution in [2.45, 2.75) is 46.0 Å². The van der Waals surface area contributed by atoms with Crippen LogP contribution in [0, 0.1) is 11.3 Å². The number of likely N-dealkylation sites (tertiary alicyclic amines) is 1. The second kappa shape index (κ2) is 7.74. The average molecular weight is 301 g/mol. The number of hydrogen-bond acceptors (Lipinski definition) is 5. The fourth-order valence-corrected chi connectivity index (χ4v) is 2.83. The average Bonchev–Trinajstić information content (AvgIpc) is 2.59. The maximum absolute atomic E-state index is 12.2. The minimum absolute atomic E-state index is 0.0583. The smallest absolute Gasteiger partial charge is 0.241 e. The highest BCUT2D eigenvalue weighted by Gasteiger charge is 2.18. The van der Waals surface area contributed by atoms with Gasteiger partial charge in [0.15, 0.2) is 5.82 Å². The number of aromatic nitrogens is 2. The predicted octanol–water partition coefficient (Wildman–Crippen LogP) is 1.90. The van der Waals surface area contributed by atoms with Gasteiger partial charge in [-0.15, -0.1) is 5.10 Å². The van der Waals surface area contributed by atoms with E-state index in [-0.39, 0.29) is 12.5 Å². The number of anilines is 1. The molecule has 1 aliphatic heterocycles. The van der Waals surface area contributed by atoms with Crippen LogP contribution in [0.4, 0.5) is 5.82 Å². The van der Waals surface area contributed by atoms with E-state index in [1.807, 2.05) is 18.7 Å². The second-order valence-electron chi connectivity index (χ2n) is 5.46. The summed E-state index contributed by atoms with van der Waals surface area (Å²) in [5, 5.41) is 20.7. The van der Waals surface area contributed by atoms with Crippen molar-refractivity contribution in [2.75, 3.05) is 25.0 Å². The summed E-state index contributed by atoms with van der Waals surface area (Å²) in [6.07, 6.45) is 4.81. The molecule has 0 saturated carbocycles. The van der Waals surface area contributed by atoms with Gasteiger partial charge in [-0.25, -0.2) is 0 Å². The number of nitrogens with zero attached hydrogens (tertiary/aromatic N) is 4. The molecule has 2 heterocycles. The highest BCUT2D eigenvalue weighted by molar-refractivity contribution is 5.81. The van der Waals surface area contributed by atoms with E-state index in [0.717, 1.165) is 50.0 Å². The Kier molecular flexibility index (Phi) is 5.70. The molecular formula is C16H23N5O. The van der Waals surface area contributed by atoms with Crippen molar-refractivity contribution in [3.05, 3.63) is 16.8 Å². The Morgan fingerprint density at radius 2 is 1.95 bits per heavy atom. The fourth-order valence-electron chi connectivity index (χ4n) is 2.83. The number of rotatable bonds is 5. The zero-order chi connectivity index (χ0) is 15.9. The minimum atomic E-state index is 0.0583. The molecule has 0 unspecified atom stereocenters. The number of nitrogens with one attached hydrogen (secondary N) is 1. The maximum Gasteiger partial charge on any atom is 0.241 e. The summed E-state index contributed by atoms with van der Waals surface area (Å²) in [6.45, 7) is 5.81. The summed E-state index contributed by atoms with van der Waals surface area (Å²) in [5.74, 6) is 0.477. The Bertz CT molecular complexity index is 573. The summed E-state index contributed by atoms with van der Waals surface area (Å²) >= 11 is 0. The molecule has 1 aromatic heterocycles. The topological polar surface area (TPSA) is 81.9 Å². The summed E-state index contributed by atoms with van der Waals surface area (Å²) in [6, 6.07) is 2.20. The Labute approximate surface area is 131 Å². The fraction of sp³-hybridized carbons (Fsp3) is 0.625. The van der Waals surface area contributed by atoms with Gasteiger partial charge in [-0.2, -0.15) is 10.4 Å². The summed E-state index contributed by atoms with van der Waals surface area (Å²) in [7, 11) is 0. The standard InChI is InChI=1S/C16H23N5O/c1-3-12-13(10-17)16(20-19-14(12)4-2)18-11-15(22)21-8-6-5-7-9-21/h3-9,11H2,1-2H3,(H,18,20). The van der Waals surface area contributed by atoms with E-state index in [9.17, 15) is 10.1 Å². The van der Waals surface area contributed by atoms with Crippen molar-refractivity contribution in [2.24, 2.45) is 0 Å². The normalized spacial score (nSPS) is 14.5. The molecule has 0 aromatic carbocycles. The third-order valence-corrected chi connectivity index (χ3v) is 4.07. The van der Waals surface area contributed by atoms with Crippen molar-refractivity contribution in [1.29, 1.82) is 5.26 Å². The Balaban J connectivity index is 2.09. The van der Waals surface area contributed by atoms with E-state index in [0.29, 0.717) is 11.4 Å². The lowest BCUT2D eigenvalue weighted by molar-refractivity contribution is -0.130. The third-order valence-electron chi connectivity index (χ3n) is 4.07. The van der Waals surface area contributed by atoms with E-state index in [1.165, 1.54) is 6.42 Å². The van der Waals surface area contributed by atoms with Gasteiger partial charge in [-0.05, 0) is 37.7 Å². The van der Waals surface area contributed by atoms with E-state index in [4.69, 9.17) is 0 Å². The highest BCUT2D eigenvalue weighted by Crippen LogP contribution is 2.20. The van der Waals surface area contributed by atoms with Crippen molar-refractivity contribution >= 4 is 11.7 Å². The molecule has 118 valence electrons. The van der Waals surface area contributed by atoms with Gasteiger partial charge in [0.05, 0.1) is 12.2 Å². The molecule has 0 aliphatic carbocycles. The SMILES string of the molecule is CCc1nnc(NCC(=O)N2CCCCC2)c(C#N)c1CC. The number of carbonyl (C=O) groups excluding carboxylic acids is 1. The van der Waals surface area contributed by atoms with E-state index in [2.05, 4.69) is 21.6 Å². The number of piperidine rings is 1. The zero-order valence-corrected chi connectivity index (χ0v) is 13.4. The molecule has 0 atom stereocenters. The van der Waals surface area contributed by atoms with Crippen LogP contribution in [0.2, 0.25) is 0 Å². The van der Waals surface area contributed by atoms with Crippen molar-refractivity contribution in [1.82, 2.24) is 15.1 Å². The predicted molar refractivity (Wildman–Crippen MR) is 84.4 cm³/mol. The molecule has 22 heavy (non-hydrogen) atoms. The summed E-state index contributed by atoms with van der Waals surface area (Å²) < 4.78 is 0. The lowest BCUT2D eigenvalue weighted by Crippen LogP contribution is -2.39. The van der Waals surface area contributed by atoms with E-state index >= 15 is 0 Å². The Morgan fingerprint density at radius 1 is 1.23 bits per heavy atom. The largest absolute Gasteiger partial charge is 0.358 e. The van der Waals surface area contributed by atoms with Gasteiger partial charge in [0.25, 0.3) is 0 Å². The molecule has 1 aliphatic rings. The molecule has 6 heteroatoms. The van der Waals surface area contributed by atoms with Gasteiger partial charge in [0.1, 0.15) is 11.6 Å². The Morgan fingerprint density at radius 3 is 2.55 bits per heavy atom. The molecule has 2 rings (SSSR count). The number of aryl methyl sites for hydroxylation is 1. The van der Waals surface area contributed by atoms with Crippen LogP contribution in [0.1, 0.15) is 49.9 Å². The van der Waals surface area contributed by atoms with Gasteiger partial charge in [-0.3, -0.25) is 4.79 Å². The minimum Gasteiger partial charge on any atom is -0.358 e. The summed E-state index contributed by atoms with van der Waals surface area (Å²) in [4.78, 5) is 14.1. The van der Waals surface area contributed by atoms with E-state index < -0.39 is 0 Å². The van der Waals surface area contributed by atoms with Crippen LogP contribution < -0.4 is 5.32 Å². The van der Waals surface area contributed by atoms with Gasteiger partial charge in [-0.1, -0.05) is 13.8 Å². The maximum atomic E-state index is 12.2. The van der Waals surface area contributed by atoms with Gasteiger partial charge >= 0.3 is 0 Å². The van der Waals surface area contributed by atoms with Gasteiger partial charge in [0, 0.05) is 13.1 Å². The van der Waals surface area contributed by atoms with E-state index in [1.54, 1.807) is 0 Å². The monoisotopic (exact) mass is 301 g/mol. The van der Waals surface area contributed by atoms with Gasteiger partial charge < -0.3 is 10.2 Å². The zero-order valence-electron chi connectivity index (χ0n) is 13.4. The summed E-state index contributed by atoms with van der Waals surface area (Å²) in [5.41, 5.74) is 2.29. The first-order valence-corrected chi connectivity index (χ1v) is 8.01. The number of amides is 1. The molecule has 0 bridgehead atoms. The number of nitriles is 1. The molecular weight excluding hydrogens is 278 g/mol. The number of carbonyl (C=O) groups is 1. The molecule has 1 aromatic rings. The first kappa shape index (κ1) is 16.2. The van der Waals surface area contributed by atoms with Crippen molar-refractivity contribution in [3.63, 3.8) is 0 Å². The van der Waals surface area contributed by atoms with Crippen LogP contribution in [-0.4, -0.2) is 40.6 Å². The first-order chi connectivity index (χ1) is 10.7. The molecule has 1 N–H and O–H groups in total. The quantitative estimate of drug-likeness (QED) is 0.898. The molecule has 1 amide bonds. The van der Waals surface area contributed by atoms with Crippen LogP contribution in [0.15, 0.2) is 0 Å². The van der Waals surface area contributed by atoms with Crippen LogP contribution in [0.5, 0.6) is 0 Å². The van der Waals surface area contributed by atoms with Crippen LogP contribution in [0.3, 0.4) is 0 Å². The van der Waals surface area contributed by atoms with Crippen LogP contribution in [0.25, 0.3) is 0 Å². The van der Waals surface area contributed by atoms with Crippen LogP contribution in [-0.2, 0) is 17.6 Å². The van der Waals surface area contributed by atoms with Crippen molar-refractivity contribution < 1.29 is 4.79 Å². The molecule has 0 radical (unpaired) electrons. The Hall–Kier alpha value is -2.16. The highest BCUT2D eigenvalue weighted by atomic mass is 16.2. The second-order valence-corrected chi connectivity index (χ2v) is 5.46. The van der Waals surface area contributed by atoms with Crippen molar-refractivity contribution in [3.8, 4) is 6.07 Å². The number of hydrogen-bond donors (Lipinski definition) is 1. The van der Waals surface area contributed by atoms with Gasteiger partial charge in [0.2, 0.25) is 5.91 Å². The lowest BCUT2D eigenvalue weighted by atomic mass is 10.0. The van der Waals surface area contributed by atoms with Crippen LogP contribution >= 0.6 is 0 Å². The third kappa shape index (κ3) is 3.53. The molecule has 0 spiro atoms. The molecule has 1 fully saturated rings. The molecule has 6 nitrogen and oxygen atoms in total. The first-order valence-electron chi connectivity index (χ1n) is 8.01. The molecule has 1 saturated heterocycles. The lowest BCUT2D eigenvalue weighted by Gasteiger charge is -2.26.